The van der Waals surface area contributed by atoms with Crippen LogP contribution in [0.3, 0.4) is 0 Å². The summed E-state index contributed by atoms with van der Waals surface area (Å²) in [6.07, 6.45) is -4.36. The van der Waals surface area contributed by atoms with Crippen LogP contribution < -0.4 is 5.32 Å². The van der Waals surface area contributed by atoms with Crippen molar-refractivity contribution >= 4 is 17.8 Å². The predicted octanol–water partition coefficient (Wildman–Crippen LogP) is 2.96. The van der Waals surface area contributed by atoms with Gasteiger partial charge in [0.2, 0.25) is 0 Å². The summed E-state index contributed by atoms with van der Waals surface area (Å²) < 4.78 is 37.7. The summed E-state index contributed by atoms with van der Waals surface area (Å²) in [6.45, 7) is 1.46. The summed E-state index contributed by atoms with van der Waals surface area (Å²) in [5.41, 5.74) is -0.252. The number of hydrogen-bond donors (Lipinski definition) is 1. The molecule has 0 aliphatic carbocycles. The molecule has 0 aromatic heterocycles. The third kappa shape index (κ3) is 4.06. The van der Waals surface area contributed by atoms with Crippen molar-refractivity contribution in [3.05, 3.63) is 35.4 Å². The van der Waals surface area contributed by atoms with Crippen LogP contribution >= 0.6 is 11.8 Å². The van der Waals surface area contributed by atoms with Gasteiger partial charge in [-0.1, -0.05) is 12.1 Å². The second-order valence-electron chi connectivity index (χ2n) is 4.46. The highest BCUT2D eigenvalue weighted by Crippen LogP contribution is 2.29. The number of urea groups is 1. The molecule has 7 heteroatoms. The fourth-order valence-corrected chi connectivity index (χ4v) is 2.82. The van der Waals surface area contributed by atoms with E-state index in [1.165, 1.54) is 6.07 Å². The molecule has 110 valence electrons. The standard InChI is InChI=1S/C13H15F3N2OS/c14-13(15,16)11-3-1-2-10(8-11)9-17-12(19)18-4-6-20-7-5-18/h1-3,8H,4-7,9H2,(H,17,19). The molecule has 0 bridgehead atoms. The molecule has 2 rings (SSSR count). The van der Waals surface area contributed by atoms with Gasteiger partial charge in [-0.15, -0.1) is 0 Å². The smallest absolute Gasteiger partial charge is 0.334 e. The van der Waals surface area contributed by atoms with Crippen LogP contribution in [0.25, 0.3) is 0 Å². The number of carbonyl (C=O) groups excluding carboxylic acids is 1. The van der Waals surface area contributed by atoms with Gasteiger partial charge in [0.05, 0.1) is 5.56 Å². The van der Waals surface area contributed by atoms with Crippen molar-refractivity contribution in [2.24, 2.45) is 0 Å². The Balaban J connectivity index is 1.92. The van der Waals surface area contributed by atoms with Crippen molar-refractivity contribution in [3.63, 3.8) is 0 Å². The van der Waals surface area contributed by atoms with Crippen molar-refractivity contribution in [2.75, 3.05) is 24.6 Å². The maximum atomic E-state index is 12.6. The van der Waals surface area contributed by atoms with Gasteiger partial charge in [-0.2, -0.15) is 24.9 Å². The highest BCUT2D eigenvalue weighted by molar-refractivity contribution is 7.99. The number of halogens is 3. The van der Waals surface area contributed by atoms with Gasteiger partial charge in [0, 0.05) is 31.1 Å². The molecule has 1 aromatic rings. The topological polar surface area (TPSA) is 32.3 Å². The summed E-state index contributed by atoms with van der Waals surface area (Å²) in [6, 6.07) is 4.78. The number of alkyl halides is 3. The van der Waals surface area contributed by atoms with Gasteiger partial charge in [-0.05, 0) is 17.7 Å². The average Bonchev–Trinajstić information content (AvgIpc) is 2.45. The van der Waals surface area contributed by atoms with Crippen LogP contribution in [0.15, 0.2) is 24.3 Å². The molecule has 0 saturated carbocycles. The monoisotopic (exact) mass is 304 g/mol. The minimum absolute atomic E-state index is 0.104. The molecule has 1 aromatic carbocycles. The van der Waals surface area contributed by atoms with E-state index in [1.807, 2.05) is 0 Å². The molecule has 2 amide bonds. The number of nitrogens with one attached hydrogen (secondary N) is 1. The van der Waals surface area contributed by atoms with Crippen LogP contribution in [-0.2, 0) is 12.7 Å². The van der Waals surface area contributed by atoms with Crippen LogP contribution in [-0.4, -0.2) is 35.5 Å². The summed E-state index contributed by atoms with van der Waals surface area (Å²) in [7, 11) is 0. The fourth-order valence-electron chi connectivity index (χ4n) is 1.91. The van der Waals surface area contributed by atoms with Gasteiger partial charge in [0.1, 0.15) is 0 Å². The lowest BCUT2D eigenvalue weighted by molar-refractivity contribution is -0.137. The zero-order valence-electron chi connectivity index (χ0n) is 10.7. The van der Waals surface area contributed by atoms with Crippen molar-refractivity contribution in [1.29, 1.82) is 0 Å². The largest absolute Gasteiger partial charge is 0.416 e. The van der Waals surface area contributed by atoms with Crippen LogP contribution in [0.1, 0.15) is 11.1 Å². The van der Waals surface area contributed by atoms with Crippen molar-refractivity contribution in [1.82, 2.24) is 10.2 Å². The normalized spacial score (nSPS) is 16.1. The Labute approximate surface area is 119 Å². The van der Waals surface area contributed by atoms with Crippen LogP contribution in [0.2, 0.25) is 0 Å². The zero-order chi connectivity index (χ0) is 14.6. The second-order valence-corrected chi connectivity index (χ2v) is 5.68. The summed E-state index contributed by atoms with van der Waals surface area (Å²) in [4.78, 5) is 13.5. The molecule has 1 aliphatic rings. The van der Waals surface area contributed by atoms with Crippen LogP contribution in [0.5, 0.6) is 0 Å². The van der Waals surface area contributed by atoms with Gasteiger partial charge < -0.3 is 10.2 Å². The fraction of sp³-hybridized carbons (Fsp3) is 0.462. The van der Waals surface area contributed by atoms with Crippen molar-refractivity contribution in [3.8, 4) is 0 Å². The SMILES string of the molecule is O=C(NCc1cccc(C(F)(F)F)c1)N1CCSCC1. The van der Waals surface area contributed by atoms with E-state index in [9.17, 15) is 18.0 Å². The van der Waals surface area contributed by atoms with Crippen LogP contribution in [0, 0.1) is 0 Å². The minimum Gasteiger partial charge on any atom is -0.334 e. The lowest BCUT2D eigenvalue weighted by atomic mass is 10.1. The van der Waals surface area contributed by atoms with Crippen LogP contribution in [0.4, 0.5) is 18.0 Å². The van der Waals surface area contributed by atoms with Gasteiger partial charge in [0.15, 0.2) is 0 Å². The molecular formula is C13H15F3N2OS. The number of rotatable bonds is 2. The Morgan fingerprint density at radius 1 is 1.30 bits per heavy atom. The van der Waals surface area contributed by atoms with Gasteiger partial charge in [-0.3, -0.25) is 0 Å². The van der Waals surface area contributed by atoms with Gasteiger partial charge >= 0.3 is 12.2 Å². The zero-order valence-corrected chi connectivity index (χ0v) is 11.6. The van der Waals surface area contributed by atoms with E-state index in [0.29, 0.717) is 18.7 Å². The molecule has 1 heterocycles. The second kappa shape index (κ2) is 6.39. The van der Waals surface area contributed by atoms with E-state index in [4.69, 9.17) is 0 Å². The lowest BCUT2D eigenvalue weighted by Gasteiger charge is -2.26. The molecule has 1 saturated heterocycles. The number of carbonyl (C=O) groups is 1. The van der Waals surface area contributed by atoms with E-state index in [1.54, 1.807) is 22.7 Å². The number of benzene rings is 1. The number of thioether (sulfide) groups is 1. The average molecular weight is 304 g/mol. The van der Waals surface area contributed by atoms with Crippen molar-refractivity contribution < 1.29 is 18.0 Å². The Hall–Kier alpha value is -1.37. The molecule has 0 unspecified atom stereocenters. The summed E-state index contributed by atoms with van der Waals surface area (Å²) >= 11 is 1.79. The van der Waals surface area contributed by atoms with Gasteiger partial charge in [0.25, 0.3) is 0 Å². The first kappa shape index (κ1) is 15.0. The minimum atomic E-state index is -4.36. The molecule has 0 atom stereocenters. The molecule has 0 spiro atoms. The third-order valence-corrected chi connectivity index (χ3v) is 3.94. The third-order valence-electron chi connectivity index (χ3n) is 3.00. The Morgan fingerprint density at radius 2 is 2.00 bits per heavy atom. The molecule has 1 fully saturated rings. The highest BCUT2D eigenvalue weighted by atomic mass is 32.2. The first-order chi connectivity index (χ1) is 9.47. The maximum absolute atomic E-state index is 12.6. The molecule has 1 aliphatic heterocycles. The Morgan fingerprint density at radius 3 is 2.65 bits per heavy atom. The highest BCUT2D eigenvalue weighted by Gasteiger charge is 2.30. The first-order valence-corrected chi connectivity index (χ1v) is 7.39. The summed E-state index contributed by atoms with van der Waals surface area (Å²) in [5.74, 6) is 1.80. The van der Waals surface area contributed by atoms with E-state index in [0.717, 1.165) is 23.6 Å². The molecule has 1 N–H and O–H groups in total. The molecule has 20 heavy (non-hydrogen) atoms. The van der Waals surface area contributed by atoms with E-state index in [2.05, 4.69) is 5.32 Å². The summed E-state index contributed by atoms with van der Waals surface area (Å²) in [5, 5.41) is 2.66. The maximum Gasteiger partial charge on any atom is 0.416 e. The van der Waals surface area contributed by atoms with Gasteiger partial charge in [-0.25, -0.2) is 4.79 Å². The Bertz CT molecular complexity index is 473. The number of amides is 2. The molecule has 3 nitrogen and oxygen atoms in total. The Kier molecular flexibility index (Phi) is 4.80. The molecule has 0 radical (unpaired) electrons. The first-order valence-electron chi connectivity index (χ1n) is 6.23. The number of nitrogens with zero attached hydrogens (tertiary/aromatic N) is 1. The van der Waals surface area contributed by atoms with Crippen molar-refractivity contribution in [2.45, 2.75) is 12.7 Å². The lowest BCUT2D eigenvalue weighted by Crippen LogP contribution is -2.44. The number of hydrogen-bond acceptors (Lipinski definition) is 2. The molecular weight excluding hydrogens is 289 g/mol. The quantitative estimate of drug-likeness (QED) is 0.911. The van der Waals surface area contributed by atoms with E-state index in [-0.39, 0.29) is 12.6 Å². The predicted molar refractivity (Wildman–Crippen MR) is 72.6 cm³/mol. The van der Waals surface area contributed by atoms with E-state index < -0.39 is 11.7 Å². The van der Waals surface area contributed by atoms with E-state index >= 15 is 0 Å².